The maximum Gasteiger partial charge on any atom is 0.262 e. The van der Waals surface area contributed by atoms with E-state index in [2.05, 4.69) is 20.4 Å². The van der Waals surface area contributed by atoms with Gasteiger partial charge in [0, 0.05) is 6.04 Å². The van der Waals surface area contributed by atoms with Crippen LogP contribution in [0.2, 0.25) is 0 Å². The Balaban J connectivity index is 1.51. The number of fused-ring (bicyclic) bond motifs is 1. The van der Waals surface area contributed by atoms with Crippen LogP contribution in [0.15, 0.2) is 40.4 Å². The van der Waals surface area contributed by atoms with Gasteiger partial charge in [-0.3, -0.25) is 9.59 Å². The monoisotopic (exact) mass is 401 g/mol. The number of carbonyl (C=O) groups excluding carboxylic acids is 1. The lowest BCUT2D eigenvalue weighted by molar-refractivity contribution is -0.119. The minimum atomic E-state index is -0.355. The molecule has 3 aromatic rings. The van der Waals surface area contributed by atoms with Crippen molar-refractivity contribution in [2.75, 3.05) is 5.75 Å². The average molecular weight is 401 g/mol. The first-order valence-corrected chi connectivity index (χ1v) is 10.2. The van der Waals surface area contributed by atoms with Crippen molar-refractivity contribution in [1.82, 2.24) is 25.1 Å². The van der Waals surface area contributed by atoms with Gasteiger partial charge in [0.25, 0.3) is 5.56 Å². The molecule has 0 atom stereocenters. The third-order valence-corrected chi connectivity index (χ3v) is 5.67. The molecule has 1 aromatic carbocycles. The standard InChI is InChI=1S/C19H20FN5O2S/c20-12-6-8-14(9-7-12)25-17-15(10-21-25)18(27)24-19(23-17)28-11-16(26)22-13-4-2-1-3-5-13/h6-10,13H,1-5,11H2,(H,22,26)(H,23,24,27). The topological polar surface area (TPSA) is 92.7 Å². The summed E-state index contributed by atoms with van der Waals surface area (Å²) in [5, 5.41) is 7.92. The van der Waals surface area contributed by atoms with E-state index in [0.29, 0.717) is 21.9 Å². The third-order valence-electron chi connectivity index (χ3n) is 4.80. The van der Waals surface area contributed by atoms with Gasteiger partial charge in [-0.1, -0.05) is 31.0 Å². The van der Waals surface area contributed by atoms with Crippen LogP contribution < -0.4 is 10.9 Å². The first-order chi connectivity index (χ1) is 13.6. The molecule has 9 heteroatoms. The average Bonchev–Trinajstić information content (AvgIpc) is 3.12. The lowest BCUT2D eigenvalue weighted by atomic mass is 9.95. The van der Waals surface area contributed by atoms with E-state index in [1.54, 1.807) is 12.1 Å². The van der Waals surface area contributed by atoms with Gasteiger partial charge in [-0.2, -0.15) is 5.10 Å². The van der Waals surface area contributed by atoms with Crippen molar-refractivity contribution in [2.24, 2.45) is 0 Å². The number of hydrogen-bond donors (Lipinski definition) is 2. The van der Waals surface area contributed by atoms with E-state index in [-0.39, 0.29) is 29.1 Å². The number of nitrogens with one attached hydrogen (secondary N) is 2. The number of benzene rings is 1. The van der Waals surface area contributed by atoms with Crippen LogP contribution in [-0.2, 0) is 4.79 Å². The van der Waals surface area contributed by atoms with E-state index in [4.69, 9.17) is 0 Å². The van der Waals surface area contributed by atoms with Crippen LogP contribution >= 0.6 is 11.8 Å². The summed E-state index contributed by atoms with van der Waals surface area (Å²) < 4.78 is 14.7. The molecule has 2 heterocycles. The molecule has 1 fully saturated rings. The first kappa shape index (κ1) is 18.7. The van der Waals surface area contributed by atoms with Gasteiger partial charge < -0.3 is 10.3 Å². The van der Waals surface area contributed by atoms with E-state index in [0.717, 1.165) is 25.7 Å². The highest BCUT2D eigenvalue weighted by Crippen LogP contribution is 2.20. The highest BCUT2D eigenvalue weighted by Gasteiger charge is 2.17. The molecule has 0 bridgehead atoms. The predicted octanol–water partition coefficient (Wildman–Crippen LogP) is 2.79. The number of halogens is 1. The molecule has 28 heavy (non-hydrogen) atoms. The molecule has 4 rings (SSSR count). The zero-order chi connectivity index (χ0) is 19.5. The Labute approximate surface area is 164 Å². The fourth-order valence-corrected chi connectivity index (χ4v) is 4.06. The molecule has 146 valence electrons. The van der Waals surface area contributed by atoms with Gasteiger partial charge in [-0.25, -0.2) is 14.1 Å². The van der Waals surface area contributed by atoms with Crippen molar-refractivity contribution in [3.8, 4) is 5.69 Å². The predicted molar refractivity (Wildman–Crippen MR) is 105 cm³/mol. The SMILES string of the molecule is O=C(CSc1nc2c(cnn2-c2ccc(F)cc2)c(=O)[nH]1)NC1CCCCC1. The highest BCUT2D eigenvalue weighted by molar-refractivity contribution is 7.99. The van der Waals surface area contributed by atoms with Gasteiger partial charge in [0.15, 0.2) is 10.8 Å². The van der Waals surface area contributed by atoms with Crippen LogP contribution in [-0.4, -0.2) is 37.5 Å². The summed E-state index contributed by atoms with van der Waals surface area (Å²) in [4.78, 5) is 31.7. The molecule has 0 radical (unpaired) electrons. The smallest absolute Gasteiger partial charge is 0.262 e. The Morgan fingerprint density at radius 3 is 2.75 bits per heavy atom. The number of amides is 1. The van der Waals surface area contributed by atoms with Gasteiger partial charge in [0.05, 0.1) is 17.6 Å². The molecule has 0 aliphatic heterocycles. The minimum absolute atomic E-state index is 0.0633. The number of rotatable bonds is 5. The second kappa shape index (κ2) is 8.14. The van der Waals surface area contributed by atoms with Gasteiger partial charge in [0.1, 0.15) is 11.2 Å². The Kier molecular flexibility index (Phi) is 5.43. The largest absolute Gasteiger partial charge is 0.353 e. The Bertz CT molecular complexity index is 1040. The van der Waals surface area contributed by atoms with Crippen molar-refractivity contribution < 1.29 is 9.18 Å². The molecule has 1 aliphatic rings. The molecule has 1 amide bonds. The van der Waals surface area contributed by atoms with Gasteiger partial charge in [0.2, 0.25) is 5.91 Å². The Morgan fingerprint density at radius 1 is 1.25 bits per heavy atom. The molecular weight excluding hydrogens is 381 g/mol. The van der Waals surface area contributed by atoms with Crippen LogP contribution in [0.1, 0.15) is 32.1 Å². The van der Waals surface area contributed by atoms with E-state index < -0.39 is 0 Å². The quantitative estimate of drug-likeness (QED) is 0.507. The highest BCUT2D eigenvalue weighted by atomic mass is 32.2. The van der Waals surface area contributed by atoms with Gasteiger partial charge >= 0.3 is 0 Å². The molecule has 1 saturated carbocycles. The zero-order valence-corrected chi connectivity index (χ0v) is 16.0. The lowest BCUT2D eigenvalue weighted by Crippen LogP contribution is -2.37. The van der Waals surface area contributed by atoms with Crippen LogP contribution in [0.25, 0.3) is 16.7 Å². The van der Waals surface area contributed by atoms with Crippen LogP contribution in [0.5, 0.6) is 0 Å². The van der Waals surface area contributed by atoms with E-state index in [9.17, 15) is 14.0 Å². The van der Waals surface area contributed by atoms with Crippen LogP contribution in [0.3, 0.4) is 0 Å². The maximum atomic E-state index is 13.2. The number of H-pyrrole nitrogens is 1. The normalized spacial score (nSPS) is 15.0. The summed E-state index contributed by atoms with van der Waals surface area (Å²) >= 11 is 1.18. The molecule has 0 saturated heterocycles. The summed E-state index contributed by atoms with van der Waals surface area (Å²) in [6.07, 6.45) is 7.00. The second-order valence-corrected chi connectivity index (χ2v) is 7.80. The fourth-order valence-electron chi connectivity index (χ4n) is 3.39. The molecule has 2 N–H and O–H groups in total. The zero-order valence-electron chi connectivity index (χ0n) is 15.2. The third kappa shape index (κ3) is 4.09. The number of thioether (sulfide) groups is 1. The molecular formula is C19H20FN5O2S. The van der Waals surface area contributed by atoms with E-state index in [1.165, 1.54) is 41.2 Å². The molecule has 0 unspecified atom stereocenters. The van der Waals surface area contributed by atoms with Crippen molar-refractivity contribution in [3.05, 3.63) is 46.6 Å². The fraction of sp³-hybridized carbons (Fsp3) is 0.368. The van der Waals surface area contributed by atoms with Crippen LogP contribution in [0.4, 0.5) is 4.39 Å². The van der Waals surface area contributed by atoms with Gasteiger partial charge in [-0.05, 0) is 37.1 Å². The number of carbonyl (C=O) groups is 1. The van der Waals surface area contributed by atoms with Crippen molar-refractivity contribution >= 4 is 28.7 Å². The Morgan fingerprint density at radius 2 is 2.00 bits per heavy atom. The van der Waals surface area contributed by atoms with Crippen molar-refractivity contribution in [2.45, 2.75) is 43.3 Å². The number of aromatic amines is 1. The summed E-state index contributed by atoms with van der Waals surface area (Å²) in [6.45, 7) is 0. The first-order valence-electron chi connectivity index (χ1n) is 9.26. The summed E-state index contributed by atoms with van der Waals surface area (Å²) in [5.74, 6) is -0.242. The van der Waals surface area contributed by atoms with E-state index in [1.807, 2.05) is 0 Å². The maximum absolute atomic E-state index is 13.2. The van der Waals surface area contributed by atoms with Crippen molar-refractivity contribution in [1.29, 1.82) is 0 Å². The molecule has 7 nitrogen and oxygen atoms in total. The summed E-state index contributed by atoms with van der Waals surface area (Å²) in [7, 11) is 0. The number of hydrogen-bond acceptors (Lipinski definition) is 5. The lowest BCUT2D eigenvalue weighted by Gasteiger charge is -2.22. The minimum Gasteiger partial charge on any atom is -0.353 e. The number of nitrogens with zero attached hydrogens (tertiary/aromatic N) is 3. The Hall–Kier alpha value is -2.68. The number of aromatic nitrogens is 4. The second-order valence-electron chi connectivity index (χ2n) is 6.83. The molecule has 0 spiro atoms. The molecule has 1 aliphatic carbocycles. The van der Waals surface area contributed by atoms with E-state index >= 15 is 0 Å². The van der Waals surface area contributed by atoms with Gasteiger partial charge in [-0.15, -0.1) is 0 Å². The van der Waals surface area contributed by atoms with Crippen molar-refractivity contribution in [3.63, 3.8) is 0 Å². The summed E-state index contributed by atoms with van der Waals surface area (Å²) in [6, 6.07) is 6.02. The summed E-state index contributed by atoms with van der Waals surface area (Å²) in [5.41, 5.74) is 0.639. The van der Waals surface area contributed by atoms with Crippen LogP contribution in [0, 0.1) is 5.82 Å². The molecule has 2 aromatic heterocycles.